The molecule has 22 heavy (non-hydrogen) atoms. The molecule has 3 rings (SSSR count). The smallest absolute Gasteiger partial charge is 0.238 e. The van der Waals surface area contributed by atoms with Crippen molar-refractivity contribution in [3.8, 4) is 0 Å². The summed E-state index contributed by atoms with van der Waals surface area (Å²) in [5.74, 6) is 1.99. The highest BCUT2D eigenvalue weighted by atomic mass is 35.5. The van der Waals surface area contributed by atoms with Gasteiger partial charge in [0.1, 0.15) is 11.6 Å². The van der Waals surface area contributed by atoms with Crippen LogP contribution in [0.2, 0.25) is 0 Å². The summed E-state index contributed by atoms with van der Waals surface area (Å²) in [7, 11) is 1.62. The average molecular weight is 327 g/mol. The minimum absolute atomic E-state index is 0.00448. The zero-order valence-corrected chi connectivity index (χ0v) is 13.7. The van der Waals surface area contributed by atoms with E-state index in [9.17, 15) is 4.79 Å². The number of alkyl halides is 1. The Hall–Kier alpha value is -1.07. The van der Waals surface area contributed by atoms with Crippen LogP contribution in [-0.4, -0.2) is 35.0 Å². The van der Waals surface area contributed by atoms with Crippen LogP contribution in [0.1, 0.15) is 43.6 Å². The molecule has 122 valence electrons. The van der Waals surface area contributed by atoms with Crippen LogP contribution in [0.25, 0.3) is 0 Å². The summed E-state index contributed by atoms with van der Waals surface area (Å²) in [4.78, 5) is 14.3. The summed E-state index contributed by atoms with van der Waals surface area (Å²) in [5.41, 5.74) is 0.752. The first kappa shape index (κ1) is 15.8. The van der Waals surface area contributed by atoms with Crippen molar-refractivity contribution in [1.29, 1.82) is 0 Å². The van der Waals surface area contributed by atoms with Crippen LogP contribution in [-0.2, 0) is 22.7 Å². The fourth-order valence-corrected chi connectivity index (χ4v) is 3.52. The number of nitrogens with zero attached hydrogens (tertiary/aromatic N) is 2. The van der Waals surface area contributed by atoms with Gasteiger partial charge < -0.3 is 14.2 Å². The predicted molar refractivity (Wildman–Crippen MR) is 82.3 cm³/mol. The fourth-order valence-electron chi connectivity index (χ4n) is 3.36. The lowest BCUT2D eigenvalue weighted by atomic mass is 9.77. The van der Waals surface area contributed by atoms with Crippen LogP contribution in [0.4, 0.5) is 0 Å². The van der Waals surface area contributed by atoms with Crippen molar-refractivity contribution in [2.45, 2.75) is 51.3 Å². The maximum absolute atomic E-state index is 12.4. The molecular formula is C16H23ClN2O3. The van der Waals surface area contributed by atoms with Crippen LogP contribution in [0.3, 0.4) is 0 Å². The lowest BCUT2D eigenvalue weighted by Crippen LogP contribution is -2.48. The van der Waals surface area contributed by atoms with Gasteiger partial charge in [-0.25, -0.2) is 0 Å². The van der Waals surface area contributed by atoms with E-state index in [0.29, 0.717) is 36.8 Å². The number of halogens is 1. The van der Waals surface area contributed by atoms with Gasteiger partial charge in [0, 0.05) is 19.2 Å². The molecule has 0 aromatic carbocycles. The standard InChI is InChI=1S/C16H23ClN2O3/c1-21-10-13-7-14(22-18-13)9-19(15(20)8-17)16(12-5-6-12)11-3-2-4-11/h7,11-12,16H,2-6,8-10H2,1H3. The fraction of sp³-hybridized carbons (Fsp3) is 0.750. The van der Waals surface area contributed by atoms with Gasteiger partial charge in [-0.1, -0.05) is 11.6 Å². The first-order valence-electron chi connectivity index (χ1n) is 8.01. The molecule has 1 unspecified atom stereocenters. The predicted octanol–water partition coefficient (Wildman–Crippen LogP) is 2.97. The molecule has 2 aliphatic rings. The number of aromatic nitrogens is 1. The molecule has 1 amide bonds. The molecule has 0 spiro atoms. The van der Waals surface area contributed by atoms with Crippen LogP contribution in [0.5, 0.6) is 0 Å². The molecule has 5 nitrogen and oxygen atoms in total. The molecular weight excluding hydrogens is 304 g/mol. The zero-order chi connectivity index (χ0) is 15.5. The number of hydrogen-bond donors (Lipinski definition) is 0. The molecule has 0 bridgehead atoms. The zero-order valence-electron chi connectivity index (χ0n) is 13.0. The maximum Gasteiger partial charge on any atom is 0.238 e. The first-order chi connectivity index (χ1) is 10.7. The molecule has 0 aliphatic heterocycles. The molecule has 1 aromatic heterocycles. The average Bonchev–Trinajstić information content (AvgIpc) is 3.21. The first-order valence-corrected chi connectivity index (χ1v) is 8.55. The van der Waals surface area contributed by atoms with Gasteiger partial charge in [0.2, 0.25) is 5.91 Å². The Morgan fingerprint density at radius 2 is 2.18 bits per heavy atom. The molecule has 0 saturated heterocycles. The molecule has 1 atom stereocenters. The van der Waals surface area contributed by atoms with Crippen molar-refractivity contribution in [3.05, 3.63) is 17.5 Å². The minimum atomic E-state index is -0.00448. The normalized spacial score (nSPS) is 19.7. The second kappa shape index (κ2) is 7.01. The largest absolute Gasteiger partial charge is 0.378 e. The Bertz CT molecular complexity index is 511. The summed E-state index contributed by atoms with van der Waals surface area (Å²) in [6.07, 6.45) is 6.16. The summed E-state index contributed by atoms with van der Waals surface area (Å²) < 4.78 is 10.4. The quantitative estimate of drug-likeness (QED) is 0.689. The van der Waals surface area contributed by atoms with Crippen molar-refractivity contribution in [2.24, 2.45) is 11.8 Å². The van der Waals surface area contributed by atoms with E-state index in [1.807, 2.05) is 11.0 Å². The summed E-state index contributed by atoms with van der Waals surface area (Å²) in [6, 6.07) is 2.18. The van der Waals surface area contributed by atoms with Gasteiger partial charge in [-0.3, -0.25) is 4.79 Å². The number of amides is 1. The summed E-state index contributed by atoms with van der Waals surface area (Å²) in [5, 5.41) is 3.97. The van der Waals surface area contributed by atoms with E-state index in [1.165, 1.54) is 32.1 Å². The van der Waals surface area contributed by atoms with E-state index in [-0.39, 0.29) is 11.8 Å². The Labute approximate surface area is 135 Å². The molecule has 1 heterocycles. The third-order valence-electron chi connectivity index (χ3n) is 4.76. The van der Waals surface area contributed by atoms with Crippen LogP contribution in [0.15, 0.2) is 10.6 Å². The molecule has 2 fully saturated rings. The molecule has 2 aliphatic carbocycles. The Morgan fingerprint density at radius 1 is 1.45 bits per heavy atom. The van der Waals surface area contributed by atoms with E-state index in [1.54, 1.807) is 7.11 Å². The molecule has 1 aromatic rings. The van der Waals surface area contributed by atoms with Gasteiger partial charge in [-0.05, 0) is 37.5 Å². The van der Waals surface area contributed by atoms with Crippen molar-refractivity contribution in [2.75, 3.05) is 13.0 Å². The Balaban J connectivity index is 1.74. The lowest BCUT2D eigenvalue weighted by Gasteiger charge is -2.41. The van der Waals surface area contributed by atoms with Crippen molar-refractivity contribution in [1.82, 2.24) is 10.1 Å². The number of ether oxygens (including phenoxy) is 1. The van der Waals surface area contributed by atoms with E-state index >= 15 is 0 Å². The molecule has 2 saturated carbocycles. The highest BCUT2D eigenvalue weighted by Gasteiger charge is 2.43. The van der Waals surface area contributed by atoms with Crippen molar-refractivity contribution >= 4 is 17.5 Å². The third-order valence-corrected chi connectivity index (χ3v) is 4.99. The van der Waals surface area contributed by atoms with Gasteiger partial charge in [0.05, 0.1) is 13.2 Å². The van der Waals surface area contributed by atoms with Crippen LogP contribution in [0, 0.1) is 11.8 Å². The molecule has 6 heteroatoms. The monoisotopic (exact) mass is 326 g/mol. The minimum Gasteiger partial charge on any atom is -0.378 e. The SMILES string of the molecule is COCc1cc(CN(C(=O)CCl)C(C2CCC2)C2CC2)on1. The highest BCUT2D eigenvalue weighted by Crippen LogP contribution is 2.45. The highest BCUT2D eigenvalue weighted by molar-refractivity contribution is 6.27. The Kier molecular flexibility index (Phi) is 5.03. The summed E-state index contributed by atoms with van der Waals surface area (Å²) >= 11 is 5.85. The lowest BCUT2D eigenvalue weighted by molar-refractivity contribution is -0.134. The molecule has 0 radical (unpaired) electrons. The maximum atomic E-state index is 12.4. The van der Waals surface area contributed by atoms with Gasteiger partial charge in [-0.15, -0.1) is 11.6 Å². The van der Waals surface area contributed by atoms with Gasteiger partial charge in [-0.2, -0.15) is 0 Å². The second-order valence-corrected chi connectivity index (χ2v) is 6.66. The van der Waals surface area contributed by atoms with Crippen LogP contribution >= 0.6 is 11.6 Å². The van der Waals surface area contributed by atoms with E-state index in [4.69, 9.17) is 20.9 Å². The van der Waals surface area contributed by atoms with Crippen LogP contribution < -0.4 is 0 Å². The van der Waals surface area contributed by atoms with Crippen molar-refractivity contribution in [3.63, 3.8) is 0 Å². The van der Waals surface area contributed by atoms with E-state index in [2.05, 4.69) is 5.16 Å². The van der Waals surface area contributed by atoms with Crippen molar-refractivity contribution < 1.29 is 14.1 Å². The topological polar surface area (TPSA) is 55.6 Å². The number of carbonyl (C=O) groups excluding carboxylic acids is 1. The van der Waals surface area contributed by atoms with Gasteiger partial charge in [0.15, 0.2) is 5.76 Å². The summed E-state index contributed by atoms with van der Waals surface area (Å²) in [6.45, 7) is 0.877. The third kappa shape index (κ3) is 3.46. The number of rotatable bonds is 8. The van der Waals surface area contributed by atoms with E-state index in [0.717, 1.165) is 5.69 Å². The van der Waals surface area contributed by atoms with E-state index < -0.39 is 0 Å². The van der Waals surface area contributed by atoms with Gasteiger partial charge in [0.25, 0.3) is 0 Å². The number of carbonyl (C=O) groups is 1. The van der Waals surface area contributed by atoms with Gasteiger partial charge >= 0.3 is 0 Å². The number of methoxy groups -OCH3 is 1. The Morgan fingerprint density at radius 3 is 2.73 bits per heavy atom. The molecule has 0 N–H and O–H groups in total. The number of hydrogen-bond acceptors (Lipinski definition) is 4. The second-order valence-electron chi connectivity index (χ2n) is 6.39.